The van der Waals surface area contributed by atoms with Crippen LogP contribution in [-0.4, -0.2) is 67.6 Å². The molecule has 8 atom stereocenters. The van der Waals surface area contributed by atoms with Crippen molar-refractivity contribution in [3.05, 3.63) is 47.6 Å². The van der Waals surface area contributed by atoms with Crippen LogP contribution in [0.5, 0.6) is 11.5 Å². The number of carbonyl (C=O) groups is 2. The Kier molecular flexibility index (Phi) is 11.3. The van der Waals surface area contributed by atoms with Crippen molar-refractivity contribution in [3.63, 3.8) is 0 Å². The summed E-state index contributed by atoms with van der Waals surface area (Å²) in [6.07, 6.45) is 9.18. The van der Waals surface area contributed by atoms with Gasteiger partial charge in [0.2, 0.25) is 5.91 Å². The van der Waals surface area contributed by atoms with Crippen LogP contribution in [0.4, 0.5) is 0 Å². The fourth-order valence-corrected chi connectivity index (χ4v) is 7.48. The minimum absolute atomic E-state index is 0.00276. The summed E-state index contributed by atoms with van der Waals surface area (Å²) in [4.78, 5) is 28.5. The van der Waals surface area contributed by atoms with E-state index in [0.717, 1.165) is 31.2 Å². The van der Waals surface area contributed by atoms with Crippen LogP contribution in [0.15, 0.2) is 42.0 Å². The van der Waals surface area contributed by atoms with E-state index in [4.69, 9.17) is 18.9 Å². The molecule has 1 aromatic carbocycles. The molecule has 43 heavy (non-hydrogen) atoms. The van der Waals surface area contributed by atoms with Gasteiger partial charge in [0.25, 0.3) is 0 Å². The second-order valence-corrected chi connectivity index (χ2v) is 12.6. The molecule has 8 heteroatoms. The molecular weight excluding hydrogens is 546 g/mol. The quantitative estimate of drug-likeness (QED) is 0.308. The second kappa shape index (κ2) is 14.8. The van der Waals surface area contributed by atoms with Crippen molar-refractivity contribution in [2.24, 2.45) is 29.6 Å². The fourth-order valence-electron chi connectivity index (χ4n) is 7.48. The summed E-state index contributed by atoms with van der Waals surface area (Å²) in [5, 5.41) is 10.6. The average molecular weight is 598 g/mol. The topological polar surface area (TPSA) is 94.5 Å². The molecule has 1 fully saturated rings. The third-order valence-corrected chi connectivity index (χ3v) is 9.96. The molecule has 4 rings (SSSR count). The van der Waals surface area contributed by atoms with Gasteiger partial charge in [0.15, 0.2) is 11.5 Å². The van der Waals surface area contributed by atoms with Gasteiger partial charge in [0.1, 0.15) is 12.2 Å². The summed E-state index contributed by atoms with van der Waals surface area (Å²) in [6, 6.07) is 5.61. The number of hydrogen-bond donors (Lipinski definition) is 1. The number of aliphatic hydroxyl groups excluding tert-OH is 1. The summed E-state index contributed by atoms with van der Waals surface area (Å²) in [7, 11) is 4.91. The van der Waals surface area contributed by atoms with E-state index in [2.05, 4.69) is 32.1 Å². The molecule has 1 aliphatic heterocycles. The molecule has 2 aliphatic carbocycles. The first-order chi connectivity index (χ1) is 20.6. The molecule has 0 radical (unpaired) electrons. The summed E-state index contributed by atoms with van der Waals surface area (Å²) in [5.41, 5.74) is 2.15. The van der Waals surface area contributed by atoms with E-state index < -0.39 is 6.10 Å². The number of nitrogens with zero attached hydrogens (tertiary/aromatic N) is 1. The van der Waals surface area contributed by atoms with Crippen LogP contribution in [0.2, 0.25) is 0 Å². The Morgan fingerprint density at radius 1 is 1.02 bits per heavy atom. The molecule has 3 aliphatic rings. The molecule has 0 bridgehead atoms. The zero-order chi connectivity index (χ0) is 31.3. The van der Waals surface area contributed by atoms with Gasteiger partial charge in [0.05, 0.1) is 32.7 Å². The number of methoxy groups -OCH3 is 3. The number of likely N-dealkylation sites (tertiary alicyclic amines) is 1. The van der Waals surface area contributed by atoms with E-state index in [-0.39, 0.29) is 66.1 Å². The van der Waals surface area contributed by atoms with E-state index >= 15 is 0 Å². The first-order valence-corrected chi connectivity index (χ1v) is 16.0. The maximum absolute atomic E-state index is 13.3. The van der Waals surface area contributed by atoms with Gasteiger partial charge in [-0.3, -0.25) is 9.59 Å². The normalized spacial score (nSPS) is 30.6. The van der Waals surface area contributed by atoms with Crippen molar-refractivity contribution in [1.82, 2.24) is 4.90 Å². The first-order valence-electron chi connectivity index (χ1n) is 16.0. The van der Waals surface area contributed by atoms with E-state index in [9.17, 15) is 14.7 Å². The van der Waals surface area contributed by atoms with Gasteiger partial charge < -0.3 is 29.0 Å². The lowest BCUT2D eigenvalue weighted by molar-refractivity contribution is -0.171. The molecular formula is C35H51NO7. The van der Waals surface area contributed by atoms with Crippen molar-refractivity contribution < 1.29 is 33.6 Å². The van der Waals surface area contributed by atoms with Crippen LogP contribution >= 0.6 is 0 Å². The number of rotatable bonds is 12. The number of allylic oxidation sites excluding steroid dienone is 2. The number of benzene rings is 1. The third-order valence-electron chi connectivity index (χ3n) is 9.96. The highest BCUT2D eigenvalue weighted by molar-refractivity contribution is 5.78. The Morgan fingerprint density at radius 3 is 2.40 bits per heavy atom. The van der Waals surface area contributed by atoms with Gasteiger partial charge in [-0.05, 0) is 67.2 Å². The van der Waals surface area contributed by atoms with Crippen LogP contribution in [0.25, 0.3) is 0 Å². The van der Waals surface area contributed by atoms with Crippen LogP contribution in [-0.2, 0) is 25.6 Å². The molecule has 0 spiro atoms. The predicted octanol–water partition coefficient (Wildman–Crippen LogP) is 5.71. The number of piperidine rings is 1. The van der Waals surface area contributed by atoms with Gasteiger partial charge in [-0.25, -0.2) is 0 Å². The maximum Gasteiger partial charge on any atom is 0.309 e. The van der Waals surface area contributed by atoms with Gasteiger partial charge >= 0.3 is 5.97 Å². The van der Waals surface area contributed by atoms with Crippen molar-refractivity contribution in [1.29, 1.82) is 0 Å². The number of hydrogen-bond acceptors (Lipinski definition) is 7. The van der Waals surface area contributed by atoms with E-state index in [1.54, 1.807) is 21.3 Å². The lowest BCUT2D eigenvalue weighted by Gasteiger charge is -2.47. The SMILES string of the molecule is CCC(CC)C(=O)O[C@H]1[C@@H](OC)[C@@H](C)C=C2C=C[C@H](C)[C@H](CC[C@@H]3C[C@@H](O)CC(=O)N3Cc3ccc(OC)c(OC)c3)[C@H]21. The Labute approximate surface area is 257 Å². The lowest BCUT2D eigenvalue weighted by atomic mass is 9.64. The van der Waals surface area contributed by atoms with Crippen LogP contribution in [0.1, 0.15) is 71.8 Å². The number of carbonyl (C=O) groups excluding carboxylic acids is 2. The number of ether oxygens (including phenoxy) is 4. The highest BCUT2D eigenvalue weighted by Crippen LogP contribution is 2.46. The van der Waals surface area contributed by atoms with Gasteiger partial charge in [-0.1, -0.05) is 52.0 Å². The molecule has 1 heterocycles. The number of esters is 1. The van der Waals surface area contributed by atoms with Crippen LogP contribution < -0.4 is 9.47 Å². The highest BCUT2D eigenvalue weighted by atomic mass is 16.6. The Bertz CT molecular complexity index is 1170. The van der Waals surface area contributed by atoms with Crippen molar-refractivity contribution in [2.45, 2.75) is 97.1 Å². The maximum atomic E-state index is 13.3. The molecule has 0 saturated carbocycles. The summed E-state index contributed by atoms with van der Waals surface area (Å²) in [5.74, 6) is 1.51. The van der Waals surface area contributed by atoms with E-state index in [1.807, 2.05) is 36.9 Å². The lowest BCUT2D eigenvalue weighted by Crippen LogP contribution is -2.51. The van der Waals surface area contributed by atoms with E-state index in [0.29, 0.717) is 24.5 Å². The van der Waals surface area contributed by atoms with Crippen molar-refractivity contribution >= 4 is 11.9 Å². The van der Waals surface area contributed by atoms with Crippen molar-refractivity contribution in [3.8, 4) is 11.5 Å². The van der Waals surface area contributed by atoms with Gasteiger partial charge in [-0.15, -0.1) is 0 Å². The molecule has 1 N–H and O–H groups in total. The molecule has 1 amide bonds. The largest absolute Gasteiger partial charge is 0.493 e. The summed E-state index contributed by atoms with van der Waals surface area (Å²) in [6.45, 7) is 8.83. The van der Waals surface area contributed by atoms with Gasteiger partial charge in [0, 0.05) is 31.5 Å². The third kappa shape index (κ3) is 7.28. The number of fused-ring (bicyclic) bond motifs is 1. The van der Waals surface area contributed by atoms with Crippen LogP contribution in [0, 0.1) is 29.6 Å². The van der Waals surface area contributed by atoms with Crippen LogP contribution in [0.3, 0.4) is 0 Å². The fraction of sp³-hybridized carbons (Fsp3) is 0.657. The Morgan fingerprint density at radius 2 is 1.74 bits per heavy atom. The highest BCUT2D eigenvalue weighted by Gasteiger charge is 2.47. The molecule has 238 valence electrons. The molecule has 1 aromatic rings. The summed E-state index contributed by atoms with van der Waals surface area (Å²) >= 11 is 0. The Hall–Kier alpha value is -2.84. The zero-order valence-electron chi connectivity index (χ0n) is 27.0. The first kappa shape index (κ1) is 33.1. The Balaban J connectivity index is 1.58. The standard InChI is InChI=1S/C35H51NO7/c1-8-24(9-2)35(39)43-34-32-25(16-22(4)33(34)42-7)12-10-21(3)28(32)14-13-26-18-27(37)19-31(38)36(26)20-23-11-15-29(40-5)30(17-23)41-6/h10-12,15-17,21-22,24,26-28,32-34,37H,8-9,13-14,18-20H2,1-7H3/t21-,22-,26+,27+,28-,32-,33-,34+/m0/s1. The monoisotopic (exact) mass is 597 g/mol. The van der Waals surface area contributed by atoms with Crippen molar-refractivity contribution in [2.75, 3.05) is 21.3 Å². The smallest absolute Gasteiger partial charge is 0.309 e. The second-order valence-electron chi connectivity index (χ2n) is 12.6. The summed E-state index contributed by atoms with van der Waals surface area (Å²) < 4.78 is 23.2. The number of amides is 1. The predicted molar refractivity (Wildman–Crippen MR) is 166 cm³/mol. The van der Waals surface area contributed by atoms with E-state index in [1.165, 1.54) is 5.57 Å². The minimum Gasteiger partial charge on any atom is -0.493 e. The molecule has 0 unspecified atom stereocenters. The zero-order valence-corrected chi connectivity index (χ0v) is 27.0. The number of aliphatic hydroxyl groups is 1. The molecule has 1 saturated heterocycles. The molecule has 0 aromatic heterocycles. The molecule has 8 nitrogen and oxygen atoms in total. The minimum atomic E-state index is -0.652. The average Bonchev–Trinajstić information content (AvgIpc) is 2.98. The van der Waals surface area contributed by atoms with Gasteiger partial charge in [-0.2, -0.15) is 0 Å².